The summed E-state index contributed by atoms with van der Waals surface area (Å²) in [7, 11) is -3.40. The minimum absolute atomic E-state index is 0.0383. The van der Waals surface area contributed by atoms with Crippen LogP contribution in [0.2, 0.25) is 0 Å². The first-order chi connectivity index (χ1) is 14.5. The molecule has 1 aromatic carbocycles. The van der Waals surface area contributed by atoms with Crippen LogP contribution < -0.4 is 0 Å². The van der Waals surface area contributed by atoms with Gasteiger partial charge >= 0.3 is 0 Å². The Morgan fingerprint density at radius 2 is 1.90 bits per heavy atom. The lowest BCUT2D eigenvalue weighted by atomic mass is 9.89. The predicted octanol–water partition coefficient (Wildman–Crippen LogP) is 5.50. The molecule has 0 amide bonds. The largest absolute Gasteiger partial charge is 0.349 e. The van der Waals surface area contributed by atoms with E-state index in [9.17, 15) is 8.42 Å². The van der Waals surface area contributed by atoms with Gasteiger partial charge in [-0.2, -0.15) is 0 Å². The fraction of sp³-hybridized carbons (Fsp3) is 0.636. The van der Waals surface area contributed by atoms with Gasteiger partial charge in [-0.3, -0.25) is 4.90 Å². The van der Waals surface area contributed by atoms with E-state index in [1.165, 1.54) is 5.41 Å². The SMILES string of the molecule is CC1(C)OC[C@H]2[C@@H](CC[C@H](CCC/C=C/S(=O)(=O)c3ccccc3)N2CC(Cl)(Cl)Cl)O1. The Hall–Kier alpha value is -0.340. The number of likely N-dealkylation sites (tertiary alicyclic amines) is 1. The molecule has 2 aliphatic heterocycles. The molecular formula is C22H30Cl3NO4S. The highest BCUT2D eigenvalue weighted by atomic mass is 35.6. The number of fused-ring (bicyclic) bond motifs is 1. The molecule has 0 N–H and O–H groups in total. The van der Waals surface area contributed by atoms with Crippen molar-refractivity contribution in [3.05, 3.63) is 41.8 Å². The number of unbranched alkanes of at least 4 members (excludes halogenated alkanes) is 1. The Morgan fingerprint density at radius 1 is 1.19 bits per heavy atom. The summed E-state index contributed by atoms with van der Waals surface area (Å²) in [5.74, 6) is -0.602. The molecule has 9 heteroatoms. The van der Waals surface area contributed by atoms with Gasteiger partial charge in [-0.05, 0) is 58.1 Å². The fourth-order valence-electron chi connectivity index (χ4n) is 4.34. The molecule has 31 heavy (non-hydrogen) atoms. The molecule has 0 aromatic heterocycles. The van der Waals surface area contributed by atoms with Crippen LogP contribution in [0.5, 0.6) is 0 Å². The highest BCUT2D eigenvalue weighted by molar-refractivity contribution is 7.94. The summed E-state index contributed by atoms with van der Waals surface area (Å²) >= 11 is 18.4. The topological polar surface area (TPSA) is 55.8 Å². The molecule has 2 heterocycles. The zero-order chi connectivity index (χ0) is 22.7. The second-order valence-electron chi connectivity index (χ2n) is 8.61. The summed E-state index contributed by atoms with van der Waals surface area (Å²) in [4.78, 5) is 2.51. The second kappa shape index (κ2) is 10.3. The van der Waals surface area contributed by atoms with Crippen LogP contribution in [0.15, 0.2) is 46.7 Å². The van der Waals surface area contributed by atoms with Gasteiger partial charge in [0.15, 0.2) is 15.6 Å². The molecule has 0 radical (unpaired) electrons. The van der Waals surface area contributed by atoms with Crippen molar-refractivity contribution < 1.29 is 17.9 Å². The van der Waals surface area contributed by atoms with E-state index in [0.29, 0.717) is 24.5 Å². The van der Waals surface area contributed by atoms with Gasteiger partial charge in [0, 0.05) is 18.0 Å². The van der Waals surface area contributed by atoms with Crippen LogP contribution in [-0.2, 0) is 19.3 Å². The number of piperidine rings is 1. The monoisotopic (exact) mass is 509 g/mol. The lowest BCUT2D eigenvalue weighted by molar-refractivity contribution is -0.304. The summed E-state index contributed by atoms with van der Waals surface area (Å²) < 4.78 is 35.3. The minimum atomic E-state index is -3.40. The summed E-state index contributed by atoms with van der Waals surface area (Å²) in [6.45, 7) is 4.67. The normalized spacial score (nSPS) is 27.3. The Bertz CT molecular complexity index is 855. The first-order valence-electron chi connectivity index (χ1n) is 10.6. The summed E-state index contributed by atoms with van der Waals surface area (Å²) in [6, 6.07) is 8.70. The van der Waals surface area contributed by atoms with Crippen LogP contribution in [0.4, 0.5) is 0 Å². The Balaban J connectivity index is 1.58. The van der Waals surface area contributed by atoms with Gasteiger partial charge in [0.1, 0.15) is 0 Å². The standard InChI is InChI=1S/C22H30Cl3NO4S/c1-21(2)29-15-19-20(30-21)13-12-17(26(19)16-22(23,24)25)9-5-4-8-14-31(27,28)18-10-6-3-7-11-18/h3,6-8,10-11,14,17,19-20H,4-5,9,12-13,15-16H2,1-2H3/b14-8+/t17-,19-,20+/m0/s1. The second-order valence-corrected chi connectivity index (χ2v) is 13.0. The van der Waals surface area contributed by atoms with Crippen molar-refractivity contribution in [3.8, 4) is 0 Å². The maximum atomic E-state index is 12.3. The zero-order valence-electron chi connectivity index (χ0n) is 17.8. The molecule has 3 rings (SSSR count). The zero-order valence-corrected chi connectivity index (χ0v) is 20.9. The third-order valence-electron chi connectivity index (χ3n) is 5.76. The van der Waals surface area contributed by atoms with Crippen LogP contribution >= 0.6 is 34.8 Å². The van der Waals surface area contributed by atoms with Crippen molar-refractivity contribution in [1.82, 2.24) is 4.90 Å². The molecule has 3 atom stereocenters. The van der Waals surface area contributed by atoms with Crippen LogP contribution in [-0.4, -0.2) is 54.2 Å². The molecule has 0 unspecified atom stereocenters. The highest BCUT2D eigenvalue weighted by Gasteiger charge is 2.46. The summed E-state index contributed by atoms with van der Waals surface area (Å²) in [6.07, 6.45) is 6.01. The van der Waals surface area contributed by atoms with E-state index in [0.717, 1.165) is 25.7 Å². The van der Waals surface area contributed by atoms with E-state index >= 15 is 0 Å². The van der Waals surface area contributed by atoms with Crippen molar-refractivity contribution in [2.75, 3.05) is 13.2 Å². The first-order valence-corrected chi connectivity index (χ1v) is 13.3. The molecule has 5 nitrogen and oxygen atoms in total. The Kier molecular flexibility index (Phi) is 8.39. The molecule has 0 bridgehead atoms. The predicted molar refractivity (Wildman–Crippen MR) is 125 cm³/mol. The van der Waals surface area contributed by atoms with Crippen molar-refractivity contribution >= 4 is 44.6 Å². The molecule has 2 aliphatic rings. The number of hydrogen-bond donors (Lipinski definition) is 0. The molecule has 0 saturated carbocycles. The molecule has 174 valence electrons. The minimum Gasteiger partial charge on any atom is -0.349 e. The van der Waals surface area contributed by atoms with E-state index in [-0.39, 0.29) is 18.2 Å². The molecule has 0 spiro atoms. The first kappa shape index (κ1) is 25.3. The van der Waals surface area contributed by atoms with Crippen LogP contribution in [0.1, 0.15) is 46.0 Å². The van der Waals surface area contributed by atoms with Crippen molar-refractivity contribution in [1.29, 1.82) is 0 Å². The Morgan fingerprint density at radius 3 is 2.58 bits per heavy atom. The average Bonchev–Trinajstić information content (AvgIpc) is 2.68. The third kappa shape index (κ3) is 7.32. The van der Waals surface area contributed by atoms with E-state index in [4.69, 9.17) is 44.3 Å². The lowest BCUT2D eigenvalue weighted by Crippen LogP contribution is -2.62. The van der Waals surface area contributed by atoms with Crippen LogP contribution in [0.25, 0.3) is 0 Å². The van der Waals surface area contributed by atoms with Crippen molar-refractivity contribution in [3.63, 3.8) is 0 Å². The van der Waals surface area contributed by atoms with Gasteiger partial charge in [-0.1, -0.05) is 59.1 Å². The number of alkyl halides is 3. The molecule has 2 saturated heterocycles. The van der Waals surface area contributed by atoms with Crippen LogP contribution in [0.3, 0.4) is 0 Å². The summed E-state index contributed by atoms with van der Waals surface area (Å²) in [5.41, 5.74) is 0. The number of hydrogen-bond acceptors (Lipinski definition) is 5. The van der Waals surface area contributed by atoms with Gasteiger partial charge in [0.2, 0.25) is 3.79 Å². The van der Waals surface area contributed by atoms with Gasteiger partial charge in [-0.25, -0.2) is 8.42 Å². The number of ether oxygens (including phenoxy) is 2. The number of benzene rings is 1. The van der Waals surface area contributed by atoms with E-state index in [2.05, 4.69) is 4.90 Å². The number of halogens is 3. The summed E-state index contributed by atoms with van der Waals surface area (Å²) in [5, 5.41) is 1.29. The molecule has 1 aromatic rings. The highest BCUT2D eigenvalue weighted by Crippen LogP contribution is 2.38. The molecular weight excluding hydrogens is 481 g/mol. The average molecular weight is 511 g/mol. The Labute approximate surface area is 200 Å². The molecule has 2 fully saturated rings. The van der Waals surface area contributed by atoms with Gasteiger partial charge in [0.05, 0.1) is 23.6 Å². The van der Waals surface area contributed by atoms with E-state index in [1.807, 2.05) is 13.8 Å². The quantitative estimate of drug-likeness (QED) is 0.358. The van der Waals surface area contributed by atoms with Gasteiger partial charge in [0.25, 0.3) is 0 Å². The fourth-order valence-corrected chi connectivity index (χ4v) is 5.84. The maximum absolute atomic E-state index is 12.3. The van der Waals surface area contributed by atoms with Crippen LogP contribution in [0, 0.1) is 0 Å². The van der Waals surface area contributed by atoms with Gasteiger partial charge in [-0.15, -0.1) is 0 Å². The van der Waals surface area contributed by atoms with Gasteiger partial charge < -0.3 is 9.47 Å². The number of sulfone groups is 1. The lowest BCUT2D eigenvalue weighted by Gasteiger charge is -2.52. The maximum Gasteiger partial charge on any atom is 0.203 e. The number of allylic oxidation sites excluding steroid dienone is 1. The van der Waals surface area contributed by atoms with Crippen molar-refractivity contribution in [2.24, 2.45) is 0 Å². The third-order valence-corrected chi connectivity index (χ3v) is 7.60. The number of nitrogens with zero attached hydrogens (tertiary/aromatic N) is 1. The number of rotatable bonds is 7. The van der Waals surface area contributed by atoms with E-state index in [1.54, 1.807) is 36.4 Å². The van der Waals surface area contributed by atoms with Crippen molar-refractivity contribution in [2.45, 2.75) is 78.6 Å². The molecule has 0 aliphatic carbocycles. The van der Waals surface area contributed by atoms with E-state index < -0.39 is 19.4 Å². The smallest absolute Gasteiger partial charge is 0.203 e.